The molecule has 0 aromatic heterocycles. The summed E-state index contributed by atoms with van der Waals surface area (Å²) < 4.78 is 5.42. The maximum absolute atomic E-state index is 12.5. The lowest BCUT2D eigenvalue weighted by atomic mass is 9.98. The maximum atomic E-state index is 12.5. The zero-order valence-corrected chi connectivity index (χ0v) is 19.9. The Morgan fingerprint density at radius 2 is 2.00 bits per heavy atom. The van der Waals surface area contributed by atoms with Crippen LogP contribution in [0.3, 0.4) is 0 Å². The Bertz CT molecular complexity index is 1260. The van der Waals surface area contributed by atoms with Gasteiger partial charge in [-0.15, -0.1) is 0 Å². The van der Waals surface area contributed by atoms with Crippen molar-refractivity contribution in [1.82, 2.24) is 5.32 Å². The van der Waals surface area contributed by atoms with Gasteiger partial charge in [-0.1, -0.05) is 36.4 Å². The lowest BCUT2D eigenvalue weighted by Crippen LogP contribution is -2.54. The van der Waals surface area contributed by atoms with Crippen LogP contribution in [0.5, 0.6) is 0 Å². The van der Waals surface area contributed by atoms with Crippen LogP contribution < -0.4 is 15.5 Å². The van der Waals surface area contributed by atoms with E-state index >= 15 is 0 Å². The number of amides is 1. The predicted molar refractivity (Wildman–Crippen MR) is 134 cm³/mol. The van der Waals surface area contributed by atoms with E-state index in [1.807, 2.05) is 23.1 Å². The van der Waals surface area contributed by atoms with Gasteiger partial charge in [0.05, 0.1) is 29.0 Å². The molecule has 1 aliphatic heterocycles. The van der Waals surface area contributed by atoms with Crippen molar-refractivity contribution < 1.29 is 14.6 Å². The number of aliphatic hydroxyl groups excluding tert-OH is 1. The molecule has 1 unspecified atom stereocenters. The summed E-state index contributed by atoms with van der Waals surface area (Å²) in [5.41, 5.74) is 3.54. The summed E-state index contributed by atoms with van der Waals surface area (Å²) >= 11 is 0. The number of rotatable bonds is 3. The molecule has 7 nitrogen and oxygen atoms in total. The second-order valence-corrected chi connectivity index (χ2v) is 9.60. The van der Waals surface area contributed by atoms with E-state index in [0.717, 1.165) is 33.3 Å². The van der Waals surface area contributed by atoms with Crippen LogP contribution >= 0.6 is 0 Å². The highest BCUT2D eigenvalue weighted by Gasteiger charge is 2.33. The van der Waals surface area contributed by atoms with Gasteiger partial charge in [-0.25, -0.2) is 4.79 Å². The number of hydrogen-bond acceptors (Lipinski definition) is 6. The van der Waals surface area contributed by atoms with Gasteiger partial charge in [0.1, 0.15) is 11.8 Å². The van der Waals surface area contributed by atoms with Crippen LogP contribution in [0.15, 0.2) is 54.6 Å². The number of carbonyl (C=O) groups is 1. The molecule has 0 fully saturated rings. The third kappa shape index (κ3) is 4.92. The molecule has 1 heterocycles. The Hall–Kier alpha value is -3.76. The van der Waals surface area contributed by atoms with Crippen molar-refractivity contribution in [2.45, 2.75) is 52.1 Å². The summed E-state index contributed by atoms with van der Waals surface area (Å²) in [6.45, 7) is 8.13. The molecule has 0 aliphatic carbocycles. The molecule has 3 aromatic rings. The minimum Gasteiger partial charge on any atom is -0.444 e. The average molecular weight is 459 g/mol. The summed E-state index contributed by atoms with van der Waals surface area (Å²) in [7, 11) is 0. The maximum Gasteiger partial charge on any atom is 0.408 e. The molecule has 7 heteroatoms. The van der Waals surface area contributed by atoms with Crippen LogP contribution in [-0.4, -0.2) is 35.6 Å². The normalized spacial score (nSPS) is 17.8. The minimum atomic E-state index is -1.03. The fourth-order valence-electron chi connectivity index (χ4n) is 4.27. The zero-order chi connectivity index (χ0) is 24.5. The largest absolute Gasteiger partial charge is 0.444 e. The number of aliphatic hydroxyl groups is 1. The molecule has 3 N–H and O–H groups in total. The van der Waals surface area contributed by atoms with E-state index in [9.17, 15) is 15.2 Å². The van der Waals surface area contributed by atoms with E-state index in [1.165, 1.54) is 0 Å². The summed E-state index contributed by atoms with van der Waals surface area (Å²) in [6, 6.07) is 19.2. The number of nitrogens with one attached hydrogen (secondary N) is 2. The van der Waals surface area contributed by atoms with Crippen molar-refractivity contribution in [2.75, 3.05) is 16.8 Å². The number of aryl methyl sites for hydroxylation is 1. The molecule has 0 bridgehead atoms. The SMILES string of the molecule is Cc1ccc2ccccc2c1CN1c2ccc(C#N)cc2NC[C@H](NC(=O)OC(C)(C)C)C1O. The van der Waals surface area contributed by atoms with Gasteiger partial charge in [-0.05, 0) is 67.8 Å². The Morgan fingerprint density at radius 1 is 1.24 bits per heavy atom. The van der Waals surface area contributed by atoms with E-state index < -0.39 is 24.0 Å². The van der Waals surface area contributed by atoms with Gasteiger partial charge in [0.25, 0.3) is 0 Å². The number of fused-ring (bicyclic) bond motifs is 2. The standard InChI is InChI=1S/C27H30N4O3/c1-17-9-11-19-7-5-6-8-20(19)21(17)16-31-24-12-10-18(14-28)13-22(24)29-15-23(25(31)32)30-26(33)34-27(2,3)4/h5-13,23,25,29,32H,15-16H2,1-4H3,(H,30,33)/t23-,25?/m0/s1. The van der Waals surface area contributed by atoms with Crippen molar-refractivity contribution in [3.8, 4) is 6.07 Å². The van der Waals surface area contributed by atoms with E-state index in [1.54, 1.807) is 32.9 Å². The topological polar surface area (TPSA) is 97.6 Å². The minimum absolute atomic E-state index is 0.271. The van der Waals surface area contributed by atoms with Gasteiger partial charge < -0.3 is 25.4 Å². The van der Waals surface area contributed by atoms with Gasteiger partial charge in [0.2, 0.25) is 0 Å². The molecule has 2 atom stereocenters. The molecular weight excluding hydrogens is 428 g/mol. The summed E-state index contributed by atoms with van der Waals surface area (Å²) in [5.74, 6) is 0. The number of hydrogen-bond donors (Lipinski definition) is 3. The van der Waals surface area contributed by atoms with Gasteiger partial charge in [-0.2, -0.15) is 5.26 Å². The average Bonchev–Trinajstić information content (AvgIpc) is 2.91. The van der Waals surface area contributed by atoms with E-state index in [4.69, 9.17) is 4.74 Å². The van der Waals surface area contributed by atoms with Gasteiger partial charge in [-0.3, -0.25) is 0 Å². The van der Waals surface area contributed by atoms with Crippen LogP contribution in [-0.2, 0) is 11.3 Å². The summed E-state index contributed by atoms with van der Waals surface area (Å²) in [6.07, 6.45) is -1.63. The molecular formula is C27H30N4O3. The molecule has 34 heavy (non-hydrogen) atoms. The van der Waals surface area contributed by atoms with Crippen molar-refractivity contribution >= 4 is 28.2 Å². The Balaban J connectivity index is 1.74. The van der Waals surface area contributed by atoms with Crippen LogP contribution in [0.2, 0.25) is 0 Å². The highest BCUT2D eigenvalue weighted by atomic mass is 16.6. The van der Waals surface area contributed by atoms with Crippen molar-refractivity contribution in [2.24, 2.45) is 0 Å². The number of ether oxygens (including phenoxy) is 1. The summed E-state index contributed by atoms with van der Waals surface area (Å²) in [4.78, 5) is 14.4. The second-order valence-electron chi connectivity index (χ2n) is 9.60. The Morgan fingerprint density at radius 3 is 2.74 bits per heavy atom. The van der Waals surface area contributed by atoms with Crippen molar-refractivity contribution in [1.29, 1.82) is 5.26 Å². The number of carbonyl (C=O) groups excluding carboxylic acids is 1. The van der Waals surface area contributed by atoms with Crippen LogP contribution in [0.25, 0.3) is 10.8 Å². The van der Waals surface area contributed by atoms with Crippen molar-refractivity contribution in [3.63, 3.8) is 0 Å². The molecule has 176 valence electrons. The highest BCUT2D eigenvalue weighted by molar-refractivity contribution is 5.87. The lowest BCUT2D eigenvalue weighted by molar-refractivity contribution is 0.0429. The summed E-state index contributed by atoms with van der Waals surface area (Å²) in [5, 5.41) is 29.2. The smallest absolute Gasteiger partial charge is 0.408 e. The number of nitriles is 1. The first-order valence-electron chi connectivity index (χ1n) is 11.4. The van der Waals surface area contributed by atoms with E-state index in [0.29, 0.717) is 12.1 Å². The predicted octanol–water partition coefficient (Wildman–Crippen LogP) is 4.66. The number of alkyl carbamates (subject to hydrolysis) is 1. The number of benzene rings is 3. The monoisotopic (exact) mass is 458 g/mol. The van der Waals surface area contributed by atoms with Crippen LogP contribution in [0.1, 0.15) is 37.5 Å². The highest BCUT2D eigenvalue weighted by Crippen LogP contribution is 2.34. The third-order valence-electron chi connectivity index (χ3n) is 5.93. The first-order valence-corrected chi connectivity index (χ1v) is 11.4. The lowest BCUT2D eigenvalue weighted by Gasteiger charge is -2.34. The molecule has 1 amide bonds. The zero-order valence-electron chi connectivity index (χ0n) is 19.9. The van der Waals surface area contributed by atoms with E-state index in [2.05, 4.69) is 47.9 Å². The molecule has 4 rings (SSSR count). The van der Waals surface area contributed by atoms with Crippen LogP contribution in [0.4, 0.5) is 16.2 Å². The number of anilines is 2. The van der Waals surface area contributed by atoms with Crippen molar-refractivity contribution in [3.05, 3.63) is 71.3 Å². The van der Waals surface area contributed by atoms with Gasteiger partial charge in [0, 0.05) is 13.1 Å². The quantitative estimate of drug-likeness (QED) is 0.528. The molecule has 0 radical (unpaired) electrons. The van der Waals surface area contributed by atoms with Gasteiger partial charge >= 0.3 is 6.09 Å². The molecule has 0 saturated heterocycles. The second kappa shape index (κ2) is 9.24. The molecule has 3 aromatic carbocycles. The molecule has 1 aliphatic rings. The third-order valence-corrected chi connectivity index (χ3v) is 5.93. The molecule has 0 spiro atoms. The Kier molecular flexibility index (Phi) is 6.36. The first kappa shape index (κ1) is 23.4. The Labute approximate surface area is 200 Å². The first-order chi connectivity index (χ1) is 16.2. The number of nitrogens with zero attached hydrogens (tertiary/aromatic N) is 2. The van der Waals surface area contributed by atoms with Gasteiger partial charge in [0.15, 0.2) is 0 Å². The van der Waals surface area contributed by atoms with E-state index in [-0.39, 0.29) is 6.54 Å². The fourth-order valence-corrected chi connectivity index (χ4v) is 4.27. The molecule has 0 saturated carbocycles. The fraction of sp³-hybridized carbons (Fsp3) is 0.333. The van der Waals surface area contributed by atoms with Crippen LogP contribution in [0, 0.1) is 18.3 Å².